The SMILES string of the molecule is CC1CCN(C(=O)CO)CC1(C)F. The first-order valence-corrected chi connectivity index (χ1v) is 4.55. The molecule has 0 spiro atoms. The molecule has 3 nitrogen and oxygen atoms in total. The van der Waals surface area contributed by atoms with Crippen LogP contribution in [-0.4, -0.2) is 41.3 Å². The van der Waals surface area contributed by atoms with E-state index in [-0.39, 0.29) is 18.4 Å². The van der Waals surface area contributed by atoms with Crippen molar-refractivity contribution in [3.63, 3.8) is 0 Å². The number of aliphatic hydroxyl groups is 1. The molecule has 1 heterocycles. The fraction of sp³-hybridized carbons (Fsp3) is 0.889. The minimum absolute atomic E-state index is 0.0183. The van der Waals surface area contributed by atoms with Gasteiger partial charge in [0.15, 0.2) is 0 Å². The Morgan fingerprint density at radius 1 is 1.77 bits per heavy atom. The molecule has 0 saturated carbocycles. The summed E-state index contributed by atoms with van der Waals surface area (Å²) in [5, 5.41) is 8.61. The second-order valence-electron chi connectivity index (χ2n) is 3.94. The number of nitrogens with zero attached hydrogens (tertiary/aromatic N) is 1. The summed E-state index contributed by atoms with van der Waals surface area (Å²) in [6.45, 7) is 3.49. The van der Waals surface area contributed by atoms with E-state index in [9.17, 15) is 9.18 Å². The molecule has 0 bridgehead atoms. The van der Waals surface area contributed by atoms with Crippen LogP contribution in [0, 0.1) is 5.92 Å². The van der Waals surface area contributed by atoms with Gasteiger partial charge in [-0.2, -0.15) is 0 Å². The zero-order chi connectivity index (χ0) is 10.1. The third kappa shape index (κ3) is 2.18. The predicted octanol–water partition coefficient (Wildman–Crippen LogP) is 0.575. The van der Waals surface area contributed by atoms with E-state index in [1.807, 2.05) is 6.92 Å². The Labute approximate surface area is 77.5 Å². The highest BCUT2D eigenvalue weighted by Crippen LogP contribution is 2.30. The summed E-state index contributed by atoms with van der Waals surface area (Å²) >= 11 is 0. The van der Waals surface area contributed by atoms with Crippen molar-refractivity contribution in [2.24, 2.45) is 5.92 Å². The quantitative estimate of drug-likeness (QED) is 0.655. The molecular formula is C9H16FNO2. The van der Waals surface area contributed by atoms with Crippen molar-refractivity contribution in [2.75, 3.05) is 19.7 Å². The number of halogens is 1. The Balaban J connectivity index is 2.60. The van der Waals surface area contributed by atoms with Crippen LogP contribution in [0.4, 0.5) is 4.39 Å². The molecule has 1 aliphatic rings. The van der Waals surface area contributed by atoms with E-state index in [2.05, 4.69) is 0 Å². The molecule has 1 rings (SSSR count). The Morgan fingerprint density at radius 3 is 2.85 bits per heavy atom. The van der Waals surface area contributed by atoms with Crippen LogP contribution in [0.3, 0.4) is 0 Å². The lowest BCUT2D eigenvalue weighted by molar-refractivity contribution is -0.139. The number of likely N-dealkylation sites (tertiary alicyclic amines) is 1. The average Bonchev–Trinajstić information content (AvgIpc) is 2.08. The highest BCUT2D eigenvalue weighted by molar-refractivity contribution is 5.77. The summed E-state index contributed by atoms with van der Waals surface area (Å²) in [6.07, 6.45) is 0.665. The molecule has 0 aromatic rings. The van der Waals surface area contributed by atoms with Crippen LogP contribution in [0.5, 0.6) is 0 Å². The molecule has 2 unspecified atom stereocenters. The summed E-state index contributed by atoms with van der Waals surface area (Å²) in [4.78, 5) is 12.5. The molecule has 0 aliphatic carbocycles. The van der Waals surface area contributed by atoms with Gasteiger partial charge in [-0.15, -0.1) is 0 Å². The lowest BCUT2D eigenvalue weighted by Crippen LogP contribution is -2.51. The van der Waals surface area contributed by atoms with Crippen LogP contribution in [0.25, 0.3) is 0 Å². The fourth-order valence-electron chi connectivity index (χ4n) is 1.57. The number of amides is 1. The summed E-state index contributed by atoms with van der Waals surface area (Å²) in [6, 6.07) is 0. The Kier molecular flexibility index (Phi) is 2.91. The van der Waals surface area contributed by atoms with Gasteiger partial charge < -0.3 is 10.0 Å². The zero-order valence-electron chi connectivity index (χ0n) is 8.09. The average molecular weight is 189 g/mol. The van der Waals surface area contributed by atoms with Crippen molar-refractivity contribution in [3.05, 3.63) is 0 Å². The van der Waals surface area contributed by atoms with Crippen LogP contribution in [0.2, 0.25) is 0 Å². The predicted molar refractivity (Wildman–Crippen MR) is 47.0 cm³/mol. The van der Waals surface area contributed by atoms with Gasteiger partial charge in [0.2, 0.25) is 5.91 Å². The summed E-state index contributed by atoms with van der Waals surface area (Å²) in [5.74, 6) is -0.397. The maximum absolute atomic E-state index is 13.7. The molecule has 13 heavy (non-hydrogen) atoms. The van der Waals surface area contributed by atoms with Gasteiger partial charge >= 0.3 is 0 Å². The second kappa shape index (κ2) is 3.62. The molecular weight excluding hydrogens is 173 g/mol. The van der Waals surface area contributed by atoms with E-state index in [0.717, 1.165) is 0 Å². The molecule has 0 aromatic heterocycles. The standard InChI is InChI=1S/C9H16FNO2/c1-7-3-4-11(8(13)5-12)6-9(7,2)10/h7,12H,3-6H2,1-2H3. The van der Waals surface area contributed by atoms with E-state index < -0.39 is 12.3 Å². The van der Waals surface area contributed by atoms with Crippen molar-refractivity contribution >= 4 is 5.91 Å². The van der Waals surface area contributed by atoms with Gasteiger partial charge in [0.05, 0.1) is 6.54 Å². The topological polar surface area (TPSA) is 40.5 Å². The third-order valence-electron chi connectivity index (χ3n) is 2.85. The van der Waals surface area contributed by atoms with Crippen LogP contribution in [0.1, 0.15) is 20.3 Å². The zero-order valence-corrected chi connectivity index (χ0v) is 8.09. The molecule has 0 aromatic carbocycles. The van der Waals surface area contributed by atoms with E-state index >= 15 is 0 Å². The second-order valence-corrected chi connectivity index (χ2v) is 3.94. The van der Waals surface area contributed by atoms with Crippen molar-refractivity contribution in [2.45, 2.75) is 25.9 Å². The van der Waals surface area contributed by atoms with Gasteiger partial charge in [0.1, 0.15) is 12.3 Å². The van der Waals surface area contributed by atoms with Crippen LogP contribution in [0.15, 0.2) is 0 Å². The number of carbonyl (C=O) groups is 1. The van der Waals surface area contributed by atoms with Crippen LogP contribution in [-0.2, 0) is 4.79 Å². The molecule has 1 fully saturated rings. The van der Waals surface area contributed by atoms with Gasteiger partial charge in [-0.25, -0.2) is 4.39 Å². The summed E-state index contributed by atoms with van der Waals surface area (Å²) in [7, 11) is 0. The summed E-state index contributed by atoms with van der Waals surface area (Å²) in [5.41, 5.74) is -1.32. The van der Waals surface area contributed by atoms with Crippen LogP contribution >= 0.6 is 0 Å². The molecule has 76 valence electrons. The number of carbonyl (C=O) groups excluding carboxylic acids is 1. The van der Waals surface area contributed by atoms with Gasteiger partial charge in [-0.05, 0) is 19.3 Å². The lowest BCUT2D eigenvalue weighted by Gasteiger charge is -2.39. The first-order chi connectivity index (χ1) is 5.97. The normalized spacial score (nSPS) is 34.8. The number of alkyl halides is 1. The maximum atomic E-state index is 13.7. The fourth-order valence-corrected chi connectivity index (χ4v) is 1.57. The first-order valence-electron chi connectivity index (χ1n) is 4.55. The Morgan fingerprint density at radius 2 is 2.38 bits per heavy atom. The number of piperidine rings is 1. The molecule has 0 radical (unpaired) electrons. The maximum Gasteiger partial charge on any atom is 0.248 e. The van der Waals surface area contributed by atoms with Gasteiger partial charge in [-0.1, -0.05) is 6.92 Å². The molecule has 1 amide bonds. The van der Waals surface area contributed by atoms with Gasteiger partial charge in [0, 0.05) is 6.54 Å². The molecule has 4 heteroatoms. The smallest absolute Gasteiger partial charge is 0.248 e. The van der Waals surface area contributed by atoms with Crippen molar-refractivity contribution in [1.29, 1.82) is 0 Å². The van der Waals surface area contributed by atoms with E-state index in [1.165, 1.54) is 11.8 Å². The van der Waals surface area contributed by atoms with Crippen molar-refractivity contribution in [3.8, 4) is 0 Å². The van der Waals surface area contributed by atoms with Crippen molar-refractivity contribution in [1.82, 2.24) is 4.90 Å². The van der Waals surface area contributed by atoms with Crippen molar-refractivity contribution < 1.29 is 14.3 Å². The van der Waals surface area contributed by atoms with E-state index in [4.69, 9.17) is 5.11 Å². The molecule has 1 N–H and O–H groups in total. The van der Waals surface area contributed by atoms with E-state index in [0.29, 0.717) is 13.0 Å². The number of aliphatic hydroxyl groups excluding tert-OH is 1. The number of rotatable bonds is 1. The van der Waals surface area contributed by atoms with Crippen LogP contribution < -0.4 is 0 Å². The Bertz CT molecular complexity index is 206. The third-order valence-corrected chi connectivity index (χ3v) is 2.85. The van der Waals surface area contributed by atoms with E-state index in [1.54, 1.807) is 0 Å². The highest BCUT2D eigenvalue weighted by Gasteiger charge is 2.38. The Hall–Kier alpha value is -0.640. The first kappa shape index (κ1) is 10.4. The summed E-state index contributed by atoms with van der Waals surface area (Å²) < 4.78 is 13.7. The minimum atomic E-state index is -1.32. The number of hydrogen-bond acceptors (Lipinski definition) is 2. The molecule has 1 aliphatic heterocycles. The molecule has 1 saturated heterocycles. The van der Waals surface area contributed by atoms with Gasteiger partial charge in [-0.3, -0.25) is 4.79 Å². The monoisotopic (exact) mass is 189 g/mol. The minimum Gasteiger partial charge on any atom is -0.387 e. The molecule has 2 atom stereocenters. The van der Waals surface area contributed by atoms with Gasteiger partial charge in [0.25, 0.3) is 0 Å². The lowest BCUT2D eigenvalue weighted by atomic mass is 9.86. The highest BCUT2D eigenvalue weighted by atomic mass is 19.1. The largest absolute Gasteiger partial charge is 0.387 e. The number of hydrogen-bond donors (Lipinski definition) is 1.